The van der Waals surface area contributed by atoms with E-state index in [0.717, 1.165) is 90.7 Å². The summed E-state index contributed by atoms with van der Waals surface area (Å²) in [6.07, 6.45) is 0. The average molecular weight is 1980 g/mol. The molecule has 0 bridgehead atoms. The van der Waals surface area contributed by atoms with Gasteiger partial charge in [0.1, 0.15) is 24.2 Å². The summed E-state index contributed by atoms with van der Waals surface area (Å²) in [7, 11) is -6.31. The molecule has 27 aromatic rings. The maximum absolute atomic E-state index is 5.50. The summed E-state index contributed by atoms with van der Waals surface area (Å²) >= 11 is 1.87. The number of nitrogens with zero attached hydrogens (tertiary/aromatic N) is 10. The van der Waals surface area contributed by atoms with Gasteiger partial charge in [-0.05, 0) is 152 Å². The van der Waals surface area contributed by atoms with Crippen molar-refractivity contribution in [2.75, 3.05) is 0 Å². The fraction of sp³-hybridized carbons (Fsp3) is 0.0667. The van der Waals surface area contributed by atoms with Crippen LogP contribution in [0.1, 0.15) is 25.0 Å². The Kier molecular flexibility index (Phi) is 19.8. The minimum Gasteiger partial charge on any atom is -0.309 e. The summed E-state index contributed by atoms with van der Waals surface area (Å²) in [5.74, 6) is 2.35. The summed E-state index contributed by atoms with van der Waals surface area (Å²) in [6.45, 7) is 19.3. The molecule has 0 saturated carbocycles. The van der Waals surface area contributed by atoms with Crippen LogP contribution in [0.3, 0.4) is 0 Å². The lowest BCUT2D eigenvalue weighted by Crippen LogP contribution is -2.50. The van der Waals surface area contributed by atoms with E-state index < -0.39 is 24.2 Å². The van der Waals surface area contributed by atoms with E-state index in [-0.39, 0.29) is 5.41 Å². The third-order valence-corrected chi connectivity index (χ3v) is 43.6. The molecule has 706 valence electrons. The molecular formula is C135H98N10SSi3. The van der Waals surface area contributed by atoms with Crippen molar-refractivity contribution in [2.45, 2.75) is 58.5 Å². The van der Waals surface area contributed by atoms with Crippen LogP contribution < -0.4 is 31.5 Å². The molecule has 4 aliphatic rings. The van der Waals surface area contributed by atoms with Crippen LogP contribution >= 0.6 is 11.3 Å². The molecule has 0 fully saturated rings. The minimum atomic E-state index is -2.12. The molecule has 10 nitrogen and oxygen atoms in total. The lowest BCUT2D eigenvalue weighted by atomic mass is 9.82. The molecule has 0 radical (unpaired) electrons. The molecule has 8 aromatic heterocycles. The number of hydrogen-bond donors (Lipinski definition) is 0. The largest absolute Gasteiger partial charge is 0.309 e. The van der Waals surface area contributed by atoms with Crippen molar-refractivity contribution in [3.63, 3.8) is 0 Å². The second kappa shape index (κ2) is 33.5. The van der Waals surface area contributed by atoms with Crippen LogP contribution in [0.5, 0.6) is 0 Å². The molecule has 0 amide bonds. The highest BCUT2D eigenvalue weighted by molar-refractivity contribution is 7.26. The van der Waals surface area contributed by atoms with Gasteiger partial charge in [-0.25, -0.2) is 29.9 Å². The van der Waals surface area contributed by atoms with Gasteiger partial charge in [0.15, 0.2) is 17.5 Å². The Balaban J connectivity index is 0.000000105. The normalized spacial score (nSPS) is 13.9. The van der Waals surface area contributed by atoms with Crippen LogP contribution in [0.2, 0.25) is 39.3 Å². The molecule has 0 spiro atoms. The average Bonchev–Trinajstić information content (AvgIpc) is 1.60. The van der Waals surface area contributed by atoms with E-state index in [1.165, 1.54) is 195 Å². The van der Waals surface area contributed by atoms with Crippen molar-refractivity contribution >= 4 is 174 Å². The van der Waals surface area contributed by atoms with E-state index >= 15 is 0 Å². The molecule has 11 heterocycles. The number of rotatable bonds is 10. The maximum Gasteiger partial charge on any atom is 0.159 e. The van der Waals surface area contributed by atoms with Crippen LogP contribution in [-0.4, -0.2) is 72.4 Å². The predicted octanol–water partition coefficient (Wildman–Crippen LogP) is 30.9. The number of thiophene rings is 1. The molecule has 1 aliphatic carbocycles. The van der Waals surface area contributed by atoms with Crippen molar-refractivity contribution in [3.05, 3.63) is 460 Å². The second-order valence-corrected chi connectivity index (χ2v) is 56.1. The van der Waals surface area contributed by atoms with Crippen molar-refractivity contribution in [2.24, 2.45) is 0 Å². The fourth-order valence-corrected chi connectivity index (χ4v) is 35.2. The zero-order chi connectivity index (χ0) is 99.6. The van der Waals surface area contributed by atoms with Crippen molar-refractivity contribution < 1.29 is 0 Å². The van der Waals surface area contributed by atoms with E-state index in [0.29, 0.717) is 0 Å². The highest BCUT2D eigenvalue weighted by Gasteiger charge is 2.46. The third-order valence-electron chi connectivity index (χ3n) is 32.4. The molecule has 31 rings (SSSR count). The van der Waals surface area contributed by atoms with Gasteiger partial charge < -0.3 is 18.3 Å². The quantitative estimate of drug-likeness (QED) is 0.127. The van der Waals surface area contributed by atoms with Gasteiger partial charge in [-0.3, -0.25) is 0 Å². The van der Waals surface area contributed by atoms with Gasteiger partial charge >= 0.3 is 0 Å². The molecule has 149 heavy (non-hydrogen) atoms. The maximum atomic E-state index is 5.50. The van der Waals surface area contributed by atoms with E-state index in [2.05, 4.69) is 520 Å². The number of fused-ring (bicyclic) bond motifs is 27. The molecule has 3 aliphatic heterocycles. The molecule has 0 unspecified atom stereocenters. The highest BCUT2D eigenvalue weighted by Crippen LogP contribution is 2.54. The second-order valence-electron chi connectivity index (χ2n) is 42.2. The van der Waals surface area contributed by atoms with Gasteiger partial charge in [-0.2, -0.15) is 0 Å². The molecule has 19 aromatic carbocycles. The Morgan fingerprint density at radius 3 is 0.913 bits per heavy atom. The van der Waals surface area contributed by atoms with Crippen molar-refractivity contribution in [3.8, 4) is 135 Å². The first-order valence-corrected chi connectivity index (χ1v) is 61.4. The number of para-hydroxylation sites is 8. The van der Waals surface area contributed by atoms with Crippen LogP contribution in [0.15, 0.2) is 449 Å². The summed E-state index contributed by atoms with van der Waals surface area (Å²) in [5.41, 5.74) is 36.3. The van der Waals surface area contributed by atoms with E-state index in [9.17, 15) is 0 Å². The lowest BCUT2D eigenvalue weighted by molar-refractivity contribution is 0.661. The molecule has 14 heteroatoms. The standard InChI is InChI=1S/C48H34N4Si.C45H35N3Si.C42H29N3SSi/c1-53(2)44-28-16-12-24-36(44)45-46(49-47(50-48(45)53)31-17-5-3-6-18-31)35-23-11-15-27-41(35)52-40-26-14-10-22-34(40)38-29-42-37(30-43(38)52)33-21-9-13-25-39(33)51(42)32-19-7-4-8-20-32;1-45(2)35-22-12-8-18-29(35)33-27-39-34(26-36(33)45)30-19-9-13-23-37(30)48(39)38-24-14-10-20-31(38)42-41-32-21-11-15-25-40(32)49(3,4)44(41)47-43(46-42)28-16-6-5-7-17-28;1-47(2)38-23-13-9-19-30(38)39-40(43-41(44-42(39)47)26-14-4-3-5-15-26)29-18-7-11-21-34(29)45-33-20-10-6-16-27(33)31-25-37-32(24-35(31)45)28-17-8-12-22-36(28)46-37/h3-30H,1-2H3;5-27H,1-4H3;3-25H,1-2H3. The van der Waals surface area contributed by atoms with Crippen LogP contribution in [-0.2, 0) is 5.41 Å². The molecule has 0 atom stereocenters. The van der Waals surface area contributed by atoms with Crippen LogP contribution in [0.25, 0.3) is 243 Å². The smallest absolute Gasteiger partial charge is 0.159 e. The first kappa shape index (κ1) is 88.0. The Morgan fingerprint density at radius 2 is 0.503 bits per heavy atom. The van der Waals surface area contributed by atoms with Crippen molar-refractivity contribution in [1.82, 2.24) is 48.2 Å². The van der Waals surface area contributed by atoms with Gasteiger partial charge in [0, 0.05) is 140 Å². The van der Waals surface area contributed by atoms with Gasteiger partial charge in [0.25, 0.3) is 0 Å². The van der Waals surface area contributed by atoms with Gasteiger partial charge in [0.2, 0.25) is 0 Å². The van der Waals surface area contributed by atoms with Gasteiger partial charge in [-0.15, -0.1) is 11.3 Å². The zero-order valence-electron chi connectivity index (χ0n) is 83.6. The van der Waals surface area contributed by atoms with E-state index in [4.69, 9.17) is 29.9 Å². The van der Waals surface area contributed by atoms with E-state index in [1.54, 1.807) is 0 Å². The monoisotopic (exact) mass is 1970 g/mol. The Labute approximate surface area is 869 Å². The summed E-state index contributed by atoms with van der Waals surface area (Å²) < 4.78 is 12.5. The topological polar surface area (TPSA) is 97.1 Å². The van der Waals surface area contributed by atoms with E-state index in [1.807, 2.05) is 11.3 Å². The summed E-state index contributed by atoms with van der Waals surface area (Å²) in [5, 5.41) is 20.5. The third kappa shape index (κ3) is 13.3. The number of benzene rings is 19. The number of aromatic nitrogens is 10. The Bertz CT molecular complexity index is 10300. The molecule has 0 N–H and O–H groups in total. The summed E-state index contributed by atoms with van der Waals surface area (Å²) in [6, 6.07) is 163. The molecular weight excluding hydrogens is 1880 g/mol. The van der Waals surface area contributed by atoms with Crippen LogP contribution in [0, 0.1) is 0 Å². The minimum absolute atomic E-state index is 0.0688. The SMILES string of the molecule is CC1(C)c2ccccc2-c2cc3c(cc21)c1ccccc1n3-c1ccccc1-c1nc(-c2ccccc2)nc2c1-c1ccccc1[Si]2(C)C.C[Si]1(C)c2ccccc2-c2c(-c3ccccc3-n3c4ccccc4c4cc5c(cc43)c3ccccc3n5-c3ccccc3)nc(-c3ccccc3)nc21.C[Si]1(C)c2ccccc2-c2c(-c3ccccc3-n3c4ccccc4c4cc5sc6ccccc6c5cc43)nc(-c3ccccc3)nc21. The van der Waals surface area contributed by atoms with Crippen LogP contribution in [0.4, 0.5) is 0 Å². The first-order valence-electron chi connectivity index (χ1n) is 51.6. The first-order chi connectivity index (χ1) is 73.0. The van der Waals surface area contributed by atoms with Gasteiger partial charge in [-0.1, -0.05) is 405 Å². The predicted molar refractivity (Wildman–Crippen MR) is 633 cm³/mol. The molecule has 0 saturated heterocycles. The Morgan fingerprint density at radius 1 is 0.208 bits per heavy atom. The highest BCUT2D eigenvalue weighted by atomic mass is 32.1. The lowest BCUT2D eigenvalue weighted by Gasteiger charge is -2.21. The fourth-order valence-electron chi connectivity index (χ4n) is 25.4. The summed E-state index contributed by atoms with van der Waals surface area (Å²) in [4.78, 5) is 32.6. The Hall–Kier alpha value is -17.5. The van der Waals surface area contributed by atoms with Crippen molar-refractivity contribution in [1.29, 1.82) is 0 Å². The van der Waals surface area contributed by atoms with Gasteiger partial charge in [0.05, 0.1) is 78.3 Å². The number of hydrogen-bond acceptors (Lipinski definition) is 7. The zero-order valence-corrected chi connectivity index (χ0v) is 87.4.